The third-order valence-electron chi connectivity index (χ3n) is 9.99. The van der Waals surface area contributed by atoms with Gasteiger partial charge in [-0.2, -0.15) is 0 Å². The molecule has 226 valence electrons. The van der Waals surface area contributed by atoms with E-state index in [-0.39, 0.29) is 33.8 Å². The molecule has 42 heavy (non-hydrogen) atoms. The highest BCUT2D eigenvalue weighted by atomic mass is 16.6. The molecular weight excluding hydrogens is 540 g/mol. The van der Waals surface area contributed by atoms with Crippen LogP contribution in [0.25, 0.3) is 0 Å². The number of Topliss-reactive ketones (excluding diaryl/α,β-unsaturated/α-hetero) is 1. The van der Waals surface area contributed by atoms with Gasteiger partial charge in [0.25, 0.3) is 11.9 Å². The number of phenolic OH excluding ortho intramolecular Hbond substituents is 1. The number of aromatic hydroxyl groups is 1. The van der Waals surface area contributed by atoms with Gasteiger partial charge in [0.05, 0.1) is 17.2 Å². The van der Waals surface area contributed by atoms with Crippen molar-refractivity contribution in [3.63, 3.8) is 0 Å². The standard InChI is InChI=1S/C31H40N4O7/c1-14-6-8-35(9-7-14)13-16-12-19(36)21-17(24(16)33(2)3)10-15-11-18-25(34(4)5)27(38)22(29(32)40)23-30(41)42-31(18,23)28(39)20(15)26(21)37/h12,14-15,18,25,36,38-39,41H,6-11,13H2,1-5H3,(H2,32,40)/t15-,18-,25-,31+/m0/s1. The Morgan fingerprint density at radius 2 is 1.81 bits per heavy atom. The zero-order valence-corrected chi connectivity index (χ0v) is 24.8. The molecule has 4 atom stereocenters. The van der Waals surface area contributed by atoms with Crippen LogP contribution < -0.4 is 10.6 Å². The van der Waals surface area contributed by atoms with E-state index in [1.165, 1.54) is 0 Å². The predicted molar refractivity (Wildman–Crippen MR) is 155 cm³/mol. The van der Waals surface area contributed by atoms with Crippen molar-refractivity contribution in [1.82, 2.24) is 9.80 Å². The fraction of sp³-hybridized carbons (Fsp3) is 0.548. The van der Waals surface area contributed by atoms with Crippen LogP contribution in [0, 0.1) is 17.8 Å². The maximum Gasteiger partial charge on any atom is 0.286 e. The van der Waals surface area contributed by atoms with Crippen LogP contribution >= 0.6 is 0 Å². The van der Waals surface area contributed by atoms with Gasteiger partial charge in [0, 0.05) is 37.8 Å². The van der Waals surface area contributed by atoms with E-state index in [0.717, 1.165) is 42.7 Å². The Labute approximate surface area is 245 Å². The minimum atomic E-state index is -1.72. The van der Waals surface area contributed by atoms with Crippen molar-refractivity contribution < 1.29 is 34.8 Å². The van der Waals surface area contributed by atoms with Gasteiger partial charge >= 0.3 is 0 Å². The number of ether oxygens (including phenoxy) is 1. The van der Waals surface area contributed by atoms with E-state index in [0.29, 0.717) is 25.3 Å². The number of anilines is 1. The maximum absolute atomic E-state index is 14.2. The molecule has 2 aliphatic heterocycles. The summed E-state index contributed by atoms with van der Waals surface area (Å²) in [6, 6.07) is 0.886. The summed E-state index contributed by atoms with van der Waals surface area (Å²) in [5.41, 5.74) is 6.26. The van der Waals surface area contributed by atoms with Crippen molar-refractivity contribution >= 4 is 17.4 Å². The number of hydrogen-bond donors (Lipinski definition) is 5. The quantitative estimate of drug-likeness (QED) is 0.350. The number of nitrogens with zero attached hydrogens (tertiary/aromatic N) is 3. The second kappa shape index (κ2) is 9.67. The number of benzene rings is 1. The number of rotatable bonds is 5. The van der Waals surface area contributed by atoms with Gasteiger partial charge in [-0.05, 0) is 81.9 Å². The number of fused-ring (bicyclic) bond motifs is 2. The average Bonchev–Trinajstić information content (AvgIpc) is 2.89. The Bertz CT molecular complexity index is 1480. The van der Waals surface area contributed by atoms with E-state index in [4.69, 9.17) is 10.5 Å². The Morgan fingerprint density at radius 3 is 2.38 bits per heavy atom. The summed E-state index contributed by atoms with van der Waals surface area (Å²) in [5.74, 6) is -3.38. The van der Waals surface area contributed by atoms with Crippen molar-refractivity contribution in [3.05, 3.63) is 56.9 Å². The number of likely N-dealkylation sites (N-methyl/N-ethyl adjacent to an activating group) is 1. The molecular formula is C31H40N4O7. The van der Waals surface area contributed by atoms with Crippen LogP contribution in [0.1, 0.15) is 47.7 Å². The number of allylic oxidation sites excluding steroid dienone is 1. The van der Waals surface area contributed by atoms with Gasteiger partial charge in [-0.15, -0.1) is 0 Å². The monoisotopic (exact) mass is 580 g/mol. The lowest BCUT2D eigenvalue weighted by Crippen LogP contribution is -2.65. The van der Waals surface area contributed by atoms with Crippen molar-refractivity contribution in [2.75, 3.05) is 46.2 Å². The minimum absolute atomic E-state index is 0.0873. The molecule has 3 aliphatic carbocycles. The summed E-state index contributed by atoms with van der Waals surface area (Å²) in [5, 5.41) is 44.9. The first kappa shape index (κ1) is 28.4. The van der Waals surface area contributed by atoms with E-state index in [1.807, 2.05) is 19.0 Å². The number of likely N-dealkylation sites (tertiary alicyclic amines) is 1. The Hall–Kier alpha value is -3.70. The molecule has 0 aromatic heterocycles. The molecule has 2 heterocycles. The van der Waals surface area contributed by atoms with Crippen LogP contribution in [-0.4, -0.2) is 94.8 Å². The molecule has 1 saturated heterocycles. The van der Waals surface area contributed by atoms with Gasteiger partial charge in [-0.25, -0.2) is 0 Å². The molecule has 0 unspecified atom stereocenters. The van der Waals surface area contributed by atoms with Gasteiger partial charge < -0.3 is 35.8 Å². The van der Waals surface area contributed by atoms with Crippen molar-refractivity contribution in [3.8, 4) is 5.75 Å². The third-order valence-corrected chi connectivity index (χ3v) is 9.99. The molecule has 0 radical (unpaired) electrons. The third kappa shape index (κ3) is 3.79. The van der Waals surface area contributed by atoms with Gasteiger partial charge in [0.1, 0.15) is 22.8 Å². The first-order valence-corrected chi connectivity index (χ1v) is 14.6. The smallest absolute Gasteiger partial charge is 0.286 e. The number of hydrogen-bond acceptors (Lipinski definition) is 10. The average molecular weight is 581 g/mol. The summed E-state index contributed by atoms with van der Waals surface area (Å²) >= 11 is 0. The highest BCUT2D eigenvalue weighted by Gasteiger charge is 2.69. The molecule has 1 spiro atoms. The highest BCUT2D eigenvalue weighted by Crippen LogP contribution is 2.62. The van der Waals surface area contributed by atoms with Crippen molar-refractivity contribution in [2.24, 2.45) is 23.5 Å². The minimum Gasteiger partial charge on any atom is -0.510 e. The molecule has 6 rings (SSSR count). The van der Waals surface area contributed by atoms with Crippen molar-refractivity contribution in [1.29, 1.82) is 0 Å². The molecule has 1 aromatic carbocycles. The Balaban J connectivity index is 1.49. The molecule has 0 saturated carbocycles. The molecule has 1 fully saturated rings. The van der Waals surface area contributed by atoms with Gasteiger partial charge in [0.2, 0.25) is 5.60 Å². The molecule has 5 aliphatic rings. The van der Waals surface area contributed by atoms with E-state index < -0.39 is 46.9 Å². The second-order valence-corrected chi connectivity index (χ2v) is 13.0. The van der Waals surface area contributed by atoms with Crippen LogP contribution in [0.15, 0.2) is 40.2 Å². The van der Waals surface area contributed by atoms with Crippen LogP contribution in [0.4, 0.5) is 5.69 Å². The summed E-state index contributed by atoms with van der Waals surface area (Å²) < 4.78 is 5.76. The fourth-order valence-corrected chi connectivity index (χ4v) is 8.14. The van der Waals surface area contributed by atoms with Gasteiger partial charge in [-0.1, -0.05) is 6.92 Å². The zero-order chi connectivity index (χ0) is 30.4. The Kier molecular flexibility index (Phi) is 6.54. The zero-order valence-electron chi connectivity index (χ0n) is 24.8. The number of piperidine rings is 1. The molecule has 11 heteroatoms. The number of ketones is 1. The number of aliphatic hydroxyl groups excluding tert-OH is 3. The number of amides is 1. The second-order valence-electron chi connectivity index (χ2n) is 13.0. The number of aliphatic hydroxyl groups is 3. The summed E-state index contributed by atoms with van der Waals surface area (Å²) in [7, 11) is 7.32. The topological polar surface area (TPSA) is 160 Å². The number of nitrogens with two attached hydrogens (primary N) is 1. The van der Waals surface area contributed by atoms with Crippen LogP contribution in [0.5, 0.6) is 5.75 Å². The first-order valence-electron chi connectivity index (χ1n) is 14.6. The Morgan fingerprint density at radius 1 is 1.14 bits per heavy atom. The first-order chi connectivity index (χ1) is 19.8. The number of carbonyl (C=O) groups excluding carboxylic acids is 2. The normalized spacial score (nSPS) is 29.5. The SMILES string of the molecule is CC1CCN(Cc2cc(O)c3c(c2N(C)C)C[C@H]2C[C@H]4[C@H](N(C)C)C(O)=C(C(N)=O)C5=C(O)O[C@@]54C(O)=C2C3=O)CC1. The summed E-state index contributed by atoms with van der Waals surface area (Å²) in [4.78, 5) is 32.8. The van der Waals surface area contributed by atoms with E-state index in [9.17, 15) is 30.0 Å². The maximum atomic E-state index is 14.2. The molecule has 1 amide bonds. The van der Waals surface area contributed by atoms with Gasteiger partial charge in [0.15, 0.2) is 5.78 Å². The van der Waals surface area contributed by atoms with E-state index >= 15 is 0 Å². The summed E-state index contributed by atoms with van der Waals surface area (Å²) in [6.45, 7) is 4.85. The highest BCUT2D eigenvalue weighted by molar-refractivity contribution is 6.15. The molecule has 6 N–H and O–H groups in total. The number of primary amides is 1. The molecule has 11 nitrogen and oxygen atoms in total. The largest absolute Gasteiger partial charge is 0.510 e. The van der Waals surface area contributed by atoms with Crippen LogP contribution in [0.3, 0.4) is 0 Å². The van der Waals surface area contributed by atoms with E-state index in [2.05, 4.69) is 11.8 Å². The summed E-state index contributed by atoms with van der Waals surface area (Å²) in [6.07, 6.45) is 2.91. The van der Waals surface area contributed by atoms with Crippen LogP contribution in [-0.2, 0) is 22.5 Å². The number of phenols is 1. The molecule has 0 bridgehead atoms. The van der Waals surface area contributed by atoms with E-state index in [1.54, 1.807) is 25.1 Å². The predicted octanol–water partition coefficient (Wildman–Crippen LogP) is 2.66. The lowest BCUT2D eigenvalue weighted by molar-refractivity contribution is -0.146. The fourth-order valence-electron chi connectivity index (χ4n) is 8.14. The van der Waals surface area contributed by atoms with Crippen molar-refractivity contribution in [2.45, 2.75) is 50.8 Å². The van der Waals surface area contributed by atoms with Crippen LogP contribution in [0.2, 0.25) is 0 Å². The lowest BCUT2D eigenvalue weighted by Gasteiger charge is -2.57. The molecule has 1 aromatic rings. The lowest BCUT2D eigenvalue weighted by atomic mass is 9.56. The number of carbonyl (C=O) groups is 2. The van der Waals surface area contributed by atoms with Gasteiger partial charge in [-0.3, -0.25) is 19.4 Å².